The van der Waals surface area contributed by atoms with Crippen molar-refractivity contribution in [3.8, 4) is 0 Å². The quantitative estimate of drug-likeness (QED) is 0.216. The van der Waals surface area contributed by atoms with Crippen LogP contribution in [0.4, 0.5) is 0 Å². The Morgan fingerprint density at radius 2 is 1.69 bits per heavy atom. The van der Waals surface area contributed by atoms with Gasteiger partial charge < -0.3 is 26.7 Å². The van der Waals surface area contributed by atoms with Crippen LogP contribution in [0.2, 0.25) is 0 Å². The molecule has 0 saturated carbocycles. The van der Waals surface area contributed by atoms with Crippen molar-refractivity contribution in [1.82, 2.24) is 4.90 Å². The molecule has 1 N–H and O–H groups in total. The van der Waals surface area contributed by atoms with Gasteiger partial charge in [0.05, 0.1) is 19.8 Å². The molecule has 0 aromatic heterocycles. The number of nitrogens with zero attached hydrogens (tertiary/aromatic N) is 1. The van der Waals surface area contributed by atoms with Crippen LogP contribution in [0.1, 0.15) is 49.8 Å². The second kappa shape index (κ2) is 18.1. The third-order valence-electron chi connectivity index (χ3n) is 4.34. The van der Waals surface area contributed by atoms with E-state index in [1.54, 1.807) is 27.9 Å². The van der Waals surface area contributed by atoms with Crippen molar-refractivity contribution in [1.29, 1.82) is 0 Å². The summed E-state index contributed by atoms with van der Waals surface area (Å²) in [5.74, 6) is -0.595. The zero-order chi connectivity index (χ0) is 24.8. The normalized spacial score (nSPS) is 20.1. The van der Waals surface area contributed by atoms with Crippen LogP contribution in [-0.4, -0.2) is 67.9 Å². The van der Waals surface area contributed by atoms with Gasteiger partial charge in [-0.2, -0.15) is 6.92 Å². The van der Waals surface area contributed by atoms with Crippen molar-refractivity contribution in [3.63, 3.8) is 0 Å². The fourth-order valence-corrected chi connectivity index (χ4v) is 2.54. The van der Waals surface area contributed by atoms with Crippen LogP contribution >= 0.6 is 0 Å². The number of carbonyl (C=O) groups is 3. The third-order valence-corrected chi connectivity index (χ3v) is 4.34. The minimum Gasteiger partial charge on any atom is -0.566 e. The molecule has 9 heteroatoms. The number of carbonyl (C=O) groups excluding carboxylic acids is 3. The van der Waals surface area contributed by atoms with Gasteiger partial charge in [0, 0.05) is 42.7 Å². The molecule has 32 heavy (non-hydrogen) atoms. The van der Waals surface area contributed by atoms with Crippen molar-refractivity contribution in [3.05, 3.63) is 37.3 Å². The number of imide groups is 1. The number of ether oxygens (including phenoxy) is 3. The van der Waals surface area contributed by atoms with E-state index in [1.807, 2.05) is 6.92 Å². The number of aliphatic hydroxyl groups is 1. The minimum absolute atomic E-state index is 0. The predicted molar refractivity (Wildman–Crippen MR) is 121 cm³/mol. The first-order valence-electron chi connectivity index (χ1n) is 10.0. The number of rotatable bonds is 2. The minimum atomic E-state index is -0.238. The van der Waals surface area contributed by atoms with Crippen molar-refractivity contribution in [2.75, 3.05) is 34.0 Å². The van der Waals surface area contributed by atoms with E-state index >= 15 is 0 Å². The SMILES string of the molecule is C.C=C1CC(C)OC1=O.CC1=C(C)C(=O)N(C)C1=O.COCC1(C)COC1.C[CH-]O.[2H][CH2-].[W+2]. The van der Waals surface area contributed by atoms with Crippen LogP contribution in [0, 0.1) is 19.4 Å². The number of amides is 2. The molecule has 2 saturated heterocycles. The van der Waals surface area contributed by atoms with Gasteiger partial charge in [0.15, 0.2) is 0 Å². The Hall–Kier alpha value is -1.34. The third kappa shape index (κ3) is 12.0. The number of hydrogen-bond donors (Lipinski definition) is 1. The zero-order valence-electron chi connectivity index (χ0n) is 20.6. The molecule has 0 bridgehead atoms. The molecule has 1 unspecified atom stereocenters. The summed E-state index contributed by atoms with van der Waals surface area (Å²) in [6.07, 6.45) is 0.744. The second-order valence-corrected chi connectivity index (χ2v) is 7.44. The first-order chi connectivity index (χ1) is 14.4. The number of likely N-dealkylation sites (N-methyl/N-ethyl adjacent to an activating group) is 1. The molecule has 3 heterocycles. The molecular weight excluding hydrogens is 586 g/mol. The molecule has 0 radical (unpaired) electrons. The number of cyclic esters (lactones) is 1. The van der Waals surface area contributed by atoms with Crippen LogP contribution < -0.4 is 0 Å². The van der Waals surface area contributed by atoms with E-state index in [-0.39, 0.29) is 52.4 Å². The molecule has 3 rings (SSSR count). The van der Waals surface area contributed by atoms with Gasteiger partial charge in [-0.3, -0.25) is 14.5 Å². The van der Waals surface area contributed by atoms with Gasteiger partial charge in [-0.1, -0.05) is 20.9 Å². The Kier molecular flexibility index (Phi) is 20.0. The monoisotopic (exact) mass is 628 g/mol. The van der Waals surface area contributed by atoms with E-state index in [0.29, 0.717) is 28.6 Å². The van der Waals surface area contributed by atoms with Crippen LogP contribution in [0.15, 0.2) is 23.3 Å². The summed E-state index contributed by atoms with van der Waals surface area (Å²) in [6.45, 7) is 16.0. The maximum absolute atomic E-state index is 11.0. The summed E-state index contributed by atoms with van der Waals surface area (Å²) >= 11 is 0. The van der Waals surface area contributed by atoms with Crippen molar-refractivity contribution >= 4 is 17.8 Å². The van der Waals surface area contributed by atoms with E-state index in [0.717, 1.165) is 31.3 Å². The maximum atomic E-state index is 11.0. The molecule has 8 nitrogen and oxygen atoms in total. The van der Waals surface area contributed by atoms with Gasteiger partial charge in [0.2, 0.25) is 0 Å². The molecule has 0 aromatic rings. The van der Waals surface area contributed by atoms with Crippen LogP contribution in [0.25, 0.3) is 0 Å². The van der Waals surface area contributed by atoms with Gasteiger partial charge in [0.25, 0.3) is 11.8 Å². The van der Waals surface area contributed by atoms with E-state index in [1.165, 1.54) is 7.05 Å². The molecule has 1 atom stereocenters. The topological polar surface area (TPSA) is 102 Å². The molecular formula is C23H41NO7W. The summed E-state index contributed by atoms with van der Waals surface area (Å²) < 4.78 is 20.2. The predicted octanol–water partition coefficient (Wildman–Crippen LogP) is 3.49. The largest absolute Gasteiger partial charge is 2.00 e. The molecule has 2 fully saturated rings. The van der Waals surface area contributed by atoms with E-state index in [4.69, 9.17) is 20.7 Å². The second-order valence-electron chi connectivity index (χ2n) is 7.44. The number of hydrogen-bond acceptors (Lipinski definition) is 7. The zero-order valence-corrected chi connectivity index (χ0v) is 22.6. The van der Waals surface area contributed by atoms with E-state index < -0.39 is 0 Å². The molecule has 186 valence electrons. The molecule has 3 aliphatic rings. The van der Waals surface area contributed by atoms with E-state index in [9.17, 15) is 14.4 Å². The first kappa shape index (κ1) is 35.3. The van der Waals surface area contributed by atoms with Crippen molar-refractivity contribution in [2.24, 2.45) is 5.41 Å². The Labute approximate surface area is 210 Å². The molecule has 0 aromatic carbocycles. The summed E-state index contributed by atoms with van der Waals surface area (Å²) in [6, 6.07) is 0. The fourth-order valence-electron chi connectivity index (χ4n) is 2.54. The first-order valence-corrected chi connectivity index (χ1v) is 9.31. The average molecular weight is 628 g/mol. The van der Waals surface area contributed by atoms with Gasteiger partial charge in [0.1, 0.15) is 6.10 Å². The number of aliphatic hydroxyl groups excluding tert-OH is 1. The number of methoxy groups -OCH3 is 1. The fraction of sp³-hybridized carbons (Fsp3) is 0.609. The Balaban J connectivity index is -0.000000170. The van der Waals surface area contributed by atoms with Crippen LogP contribution in [0.5, 0.6) is 0 Å². The molecule has 0 aliphatic carbocycles. The summed E-state index contributed by atoms with van der Waals surface area (Å²) in [5.41, 5.74) is 2.05. The molecule has 2 amide bonds. The van der Waals surface area contributed by atoms with Gasteiger partial charge in [-0.15, -0.1) is 0 Å². The van der Waals surface area contributed by atoms with Gasteiger partial charge >= 0.3 is 27.0 Å². The van der Waals surface area contributed by atoms with Crippen LogP contribution in [0.3, 0.4) is 0 Å². The van der Waals surface area contributed by atoms with Crippen LogP contribution in [-0.2, 0) is 49.7 Å². The smallest absolute Gasteiger partial charge is 0.566 e. The Bertz CT molecular complexity index is 609. The van der Waals surface area contributed by atoms with Gasteiger partial charge in [-0.25, -0.2) is 12.8 Å². The Morgan fingerprint density at radius 3 is 1.78 bits per heavy atom. The average Bonchev–Trinajstić information content (AvgIpc) is 3.09. The molecule has 0 spiro atoms. The maximum Gasteiger partial charge on any atom is 2.00 e. The molecule has 3 aliphatic heterocycles. The van der Waals surface area contributed by atoms with E-state index in [2.05, 4.69) is 20.9 Å². The summed E-state index contributed by atoms with van der Waals surface area (Å²) in [4.78, 5) is 33.5. The Morgan fingerprint density at radius 1 is 1.28 bits per heavy atom. The summed E-state index contributed by atoms with van der Waals surface area (Å²) in [5, 5.41) is 7.44. The standard InChI is InChI=1S/C7H9NO2.C6H12O2.C6H8O2.C2H5O.CH4.CH3.W/c1-4-5(2)7(10)8(3)6(4)9;1-6(3-7-2)4-8-5-6;1-4-3-5(2)8-6(4)7;1-2-3;;;/h1-3H3;3-5H2,1-2H3;5H,1,3H2,2H3;2-3H,1H3;1H4;1H3;/q;;;-1;;-1;+2/i;;;;;1D;. The van der Waals surface area contributed by atoms with Crippen molar-refractivity contribution in [2.45, 2.75) is 54.6 Å². The van der Waals surface area contributed by atoms with Gasteiger partial charge in [-0.05, 0) is 20.8 Å². The summed E-state index contributed by atoms with van der Waals surface area (Å²) in [7, 11) is 5.72. The number of esters is 1. The van der Waals surface area contributed by atoms with Crippen molar-refractivity contribution < 1.29 is 56.1 Å².